The van der Waals surface area contributed by atoms with Crippen molar-refractivity contribution in [2.75, 3.05) is 39.6 Å². The molecule has 5 N–H and O–H groups in total. The summed E-state index contributed by atoms with van der Waals surface area (Å²) in [5.74, 6) is 8.75. The van der Waals surface area contributed by atoms with Crippen molar-refractivity contribution in [3.63, 3.8) is 0 Å². The van der Waals surface area contributed by atoms with Gasteiger partial charge in [-0.15, -0.1) is 0 Å². The normalized spacial score (nSPS) is 21.6. The maximum atomic E-state index is 12.3. The minimum Gasteiger partial charge on any atom is -0.508 e. The highest BCUT2D eigenvalue weighted by Crippen LogP contribution is 2.62. The van der Waals surface area contributed by atoms with Crippen molar-refractivity contribution in [2.24, 2.45) is 5.92 Å². The number of ether oxygens (including phenoxy) is 4. The van der Waals surface area contributed by atoms with Gasteiger partial charge in [-0.2, -0.15) is 0 Å². The zero-order valence-electron chi connectivity index (χ0n) is 31.3. The smallest absolute Gasteiger partial charge is 0.302 e. The molecule has 1 aromatic heterocycles. The minimum absolute atomic E-state index is 0.00701. The van der Waals surface area contributed by atoms with Crippen molar-refractivity contribution in [3.8, 4) is 51.7 Å². The van der Waals surface area contributed by atoms with Gasteiger partial charge in [-0.1, -0.05) is 25.0 Å². The van der Waals surface area contributed by atoms with Crippen molar-refractivity contribution in [1.29, 1.82) is 0 Å². The van der Waals surface area contributed by atoms with E-state index in [-0.39, 0.29) is 35.4 Å². The fourth-order valence-electron chi connectivity index (χ4n) is 9.43. The number of carbonyl (C=O) groups excluding carboxylic acids is 1. The molecule has 2 aliphatic heterocycles. The Morgan fingerprint density at radius 2 is 1.96 bits per heavy atom. The zero-order chi connectivity index (χ0) is 37.7. The molecule has 4 bridgehead atoms. The molecular weight excluding hydrogens is 682 g/mol. The number of phenols is 2. The Bertz CT molecular complexity index is 2220. The van der Waals surface area contributed by atoms with Gasteiger partial charge in [-0.25, -0.2) is 4.98 Å². The van der Waals surface area contributed by atoms with Crippen LogP contribution in [0.25, 0.3) is 11.1 Å². The molecule has 2 aliphatic carbocycles. The van der Waals surface area contributed by atoms with Crippen molar-refractivity contribution in [2.45, 2.75) is 76.2 Å². The zero-order valence-corrected chi connectivity index (χ0v) is 31.3. The van der Waals surface area contributed by atoms with Gasteiger partial charge >= 0.3 is 5.97 Å². The van der Waals surface area contributed by atoms with Crippen LogP contribution in [0.15, 0.2) is 42.5 Å². The van der Waals surface area contributed by atoms with E-state index in [2.05, 4.69) is 42.3 Å². The Hall–Kier alpha value is -5.40. The number of aromatic hydroxyl groups is 2. The molecule has 10 heteroatoms. The van der Waals surface area contributed by atoms with Gasteiger partial charge in [-0.3, -0.25) is 4.79 Å². The molecule has 1 spiro atoms. The SMILES string of the molecule is CCc1cc2c(nc1N)C#CCc1cc(O)c(OCCNC)cc1C1Oc3c(ccc4c3C3(CCC(C2)C3)Cc2cc(O)cc(OC)c2-4)C1COC(C)=O. The van der Waals surface area contributed by atoms with E-state index in [9.17, 15) is 15.0 Å². The van der Waals surface area contributed by atoms with E-state index in [1.807, 2.05) is 19.2 Å². The molecule has 3 aromatic carbocycles. The molecule has 1 saturated carbocycles. The van der Waals surface area contributed by atoms with Crippen LogP contribution in [0.1, 0.15) is 89.8 Å². The number of carbonyl (C=O) groups is 1. The van der Waals surface area contributed by atoms with Crippen LogP contribution in [0.2, 0.25) is 0 Å². The molecule has 0 radical (unpaired) electrons. The number of nitrogens with one attached hydrogen (secondary N) is 1. The van der Waals surface area contributed by atoms with Crippen molar-refractivity contribution < 1.29 is 34.0 Å². The highest BCUT2D eigenvalue weighted by Gasteiger charge is 2.51. The summed E-state index contributed by atoms with van der Waals surface area (Å²) in [6, 6.07) is 13.5. The average molecular weight is 730 g/mol. The Kier molecular flexibility index (Phi) is 9.31. The molecule has 0 amide bonds. The monoisotopic (exact) mass is 729 g/mol. The summed E-state index contributed by atoms with van der Waals surface area (Å²) < 4.78 is 25.0. The number of pyridine rings is 1. The standard InChI is InChI=1S/C44H47N3O7/c1-5-26-16-28-15-25-11-12-44(21-25)22-29-17-30(49)19-38(51-4)39(29)32-10-9-31-34(23-53-24(2)48)41(54-42(31)40(32)44)33-20-37(52-14-13-46-3)36(50)18-27(33)7-6-8-35(28)47-43(26)45/h9-10,16-20,25,34,41,46,49-50H,5,7,11-15,21-23H2,1-4H3,(H2,45,47). The van der Waals surface area contributed by atoms with Gasteiger partial charge in [-0.05, 0) is 109 Å². The van der Waals surface area contributed by atoms with Gasteiger partial charge in [0.15, 0.2) is 11.5 Å². The molecular formula is C44H47N3O7. The molecule has 4 aliphatic rings. The number of benzene rings is 3. The molecule has 8 rings (SSSR count). The van der Waals surface area contributed by atoms with E-state index in [0.717, 1.165) is 87.9 Å². The number of esters is 1. The van der Waals surface area contributed by atoms with E-state index >= 15 is 0 Å². The molecule has 0 saturated heterocycles. The van der Waals surface area contributed by atoms with Crippen LogP contribution in [0.5, 0.6) is 28.7 Å². The molecule has 10 nitrogen and oxygen atoms in total. The van der Waals surface area contributed by atoms with E-state index in [4.69, 9.17) is 29.7 Å². The molecule has 1 fully saturated rings. The third-order valence-electron chi connectivity index (χ3n) is 11.8. The Morgan fingerprint density at radius 1 is 1.11 bits per heavy atom. The topological polar surface area (TPSA) is 145 Å². The predicted octanol–water partition coefficient (Wildman–Crippen LogP) is 6.44. The minimum atomic E-state index is -0.578. The summed E-state index contributed by atoms with van der Waals surface area (Å²) in [7, 11) is 3.48. The van der Waals surface area contributed by atoms with Gasteiger partial charge in [0.05, 0.1) is 13.0 Å². The lowest BCUT2D eigenvalue weighted by atomic mass is 9.65. The number of methoxy groups -OCH3 is 1. The highest BCUT2D eigenvalue weighted by atomic mass is 16.5. The lowest BCUT2D eigenvalue weighted by Gasteiger charge is -2.39. The van der Waals surface area contributed by atoms with Gasteiger partial charge < -0.3 is 40.2 Å². The molecule has 4 unspecified atom stereocenters. The van der Waals surface area contributed by atoms with E-state index in [1.165, 1.54) is 6.92 Å². The second kappa shape index (κ2) is 14.1. The third-order valence-corrected chi connectivity index (χ3v) is 11.8. The first kappa shape index (κ1) is 35.6. The van der Waals surface area contributed by atoms with E-state index in [0.29, 0.717) is 54.9 Å². The molecule has 4 atom stereocenters. The van der Waals surface area contributed by atoms with Crippen molar-refractivity contribution in [3.05, 3.63) is 87.1 Å². The second-order valence-corrected chi connectivity index (χ2v) is 15.1. The molecule has 54 heavy (non-hydrogen) atoms. The van der Waals surface area contributed by atoms with Crippen molar-refractivity contribution in [1.82, 2.24) is 10.3 Å². The first-order valence-electron chi connectivity index (χ1n) is 18.9. The number of nitrogens with two attached hydrogens (primary N) is 1. The lowest BCUT2D eigenvalue weighted by molar-refractivity contribution is -0.141. The average Bonchev–Trinajstić information content (AvgIpc) is 3.72. The summed E-state index contributed by atoms with van der Waals surface area (Å²) in [5.41, 5.74) is 15.6. The number of hydrogen-bond donors (Lipinski definition) is 4. The fraction of sp³-hybridized carbons (Fsp3) is 0.409. The Balaban J connectivity index is 1.38. The van der Waals surface area contributed by atoms with Crippen molar-refractivity contribution >= 4 is 11.8 Å². The van der Waals surface area contributed by atoms with E-state index in [1.54, 1.807) is 19.2 Å². The molecule has 280 valence electrons. The number of likely N-dealkylation sites (N-methyl/N-ethyl adjacent to an activating group) is 1. The van der Waals surface area contributed by atoms with Crippen LogP contribution in [0.3, 0.4) is 0 Å². The van der Waals surface area contributed by atoms with Crippen LogP contribution < -0.4 is 25.3 Å². The van der Waals surface area contributed by atoms with Gasteiger partial charge in [0.25, 0.3) is 0 Å². The summed E-state index contributed by atoms with van der Waals surface area (Å²) >= 11 is 0. The first-order valence-corrected chi connectivity index (χ1v) is 18.9. The largest absolute Gasteiger partial charge is 0.508 e. The second-order valence-electron chi connectivity index (χ2n) is 15.1. The van der Waals surface area contributed by atoms with Gasteiger partial charge in [0.1, 0.15) is 48.1 Å². The van der Waals surface area contributed by atoms with Crippen LogP contribution in [-0.2, 0) is 40.6 Å². The van der Waals surface area contributed by atoms with Gasteiger partial charge in [0.2, 0.25) is 0 Å². The summed E-state index contributed by atoms with van der Waals surface area (Å²) in [4.78, 5) is 17.2. The number of fused-ring (bicyclic) bond motifs is 7. The van der Waals surface area contributed by atoms with Crippen LogP contribution in [-0.4, -0.2) is 55.1 Å². The summed E-state index contributed by atoms with van der Waals surface area (Å²) in [6.45, 7) is 4.55. The molecule has 3 heterocycles. The number of rotatable bonds is 8. The fourth-order valence-corrected chi connectivity index (χ4v) is 9.43. The lowest BCUT2D eigenvalue weighted by Crippen LogP contribution is -2.31. The quantitative estimate of drug-likeness (QED) is 0.0909. The van der Waals surface area contributed by atoms with Crippen LogP contribution in [0.4, 0.5) is 5.82 Å². The number of hydrogen-bond acceptors (Lipinski definition) is 10. The maximum Gasteiger partial charge on any atom is 0.302 e. The number of anilines is 1. The highest BCUT2D eigenvalue weighted by molar-refractivity contribution is 5.84. The number of nitrogens with zero attached hydrogens (tertiary/aromatic N) is 1. The van der Waals surface area contributed by atoms with Gasteiger partial charge in [0, 0.05) is 53.6 Å². The number of aryl methyl sites for hydroxylation is 1. The van der Waals surface area contributed by atoms with E-state index < -0.39 is 6.10 Å². The Labute approximate surface area is 316 Å². The summed E-state index contributed by atoms with van der Waals surface area (Å²) in [6.07, 6.45) is 4.79. The first-order chi connectivity index (χ1) is 26.1. The maximum absolute atomic E-state index is 12.3. The molecule has 4 aromatic rings. The Morgan fingerprint density at radius 3 is 2.74 bits per heavy atom. The number of nitrogen functional groups attached to an aromatic ring is 1. The summed E-state index contributed by atoms with van der Waals surface area (Å²) in [5, 5.41) is 25.2. The predicted molar refractivity (Wildman–Crippen MR) is 205 cm³/mol. The van der Waals surface area contributed by atoms with Crippen LogP contribution in [0, 0.1) is 17.8 Å². The third kappa shape index (κ3) is 6.14. The number of aromatic nitrogens is 1. The van der Waals surface area contributed by atoms with Crippen LogP contribution >= 0.6 is 0 Å². The number of phenolic OH excluding ortho intramolecular Hbond substituents is 2.